The second-order valence-corrected chi connectivity index (χ2v) is 5.01. The van der Waals surface area contributed by atoms with Crippen LogP contribution in [0.4, 0.5) is 0 Å². The number of aromatic nitrogens is 2. The van der Waals surface area contributed by atoms with Crippen molar-refractivity contribution in [2.75, 3.05) is 7.05 Å². The molecule has 0 saturated carbocycles. The minimum Gasteiger partial charge on any atom is -0.423 e. The van der Waals surface area contributed by atoms with Gasteiger partial charge < -0.3 is 9.73 Å². The van der Waals surface area contributed by atoms with Gasteiger partial charge in [0.25, 0.3) is 0 Å². The van der Waals surface area contributed by atoms with E-state index in [-0.39, 0.29) is 6.04 Å². The van der Waals surface area contributed by atoms with Crippen molar-refractivity contribution in [1.82, 2.24) is 15.5 Å². The Morgan fingerprint density at radius 2 is 2.22 bits per heavy atom. The van der Waals surface area contributed by atoms with Crippen molar-refractivity contribution in [2.45, 2.75) is 25.8 Å². The van der Waals surface area contributed by atoms with Gasteiger partial charge in [-0.1, -0.05) is 35.0 Å². The first-order chi connectivity index (χ1) is 8.72. The highest BCUT2D eigenvalue weighted by Crippen LogP contribution is 2.18. The first kappa shape index (κ1) is 13.2. The predicted octanol–water partition coefficient (Wildman–Crippen LogP) is 3.09. The molecule has 0 aliphatic carbocycles. The highest BCUT2D eigenvalue weighted by atomic mass is 79.9. The third-order valence-electron chi connectivity index (χ3n) is 2.78. The molecule has 0 saturated heterocycles. The van der Waals surface area contributed by atoms with Crippen LogP contribution in [0.5, 0.6) is 0 Å². The Hall–Kier alpha value is -1.20. The molecule has 1 unspecified atom stereocenters. The topological polar surface area (TPSA) is 51.0 Å². The highest BCUT2D eigenvalue weighted by Gasteiger charge is 2.14. The molecule has 1 heterocycles. The van der Waals surface area contributed by atoms with Gasteiger partial charge in [-0.05, 0) is 31.2 Å². The fraction of sp³-hybridized carbons (Fsp3) is 0.385. The van der Waals surface area contributed by atoms with Gasteiger partial charge >= 0.3 is 0 Å². The lowest BCUT2D eigenvalue weighted by Crippen LogP contribution is -2.15. The number of rotatable bonds is 5. The quantitative estimate of drug-likeness (QED) is 0.922. The van der Waals surface area contributed by atoms with E-state index in [1.54, 1.807) is 0 Å². The lowest BCUT2D eigenvalue weighted by molar-refractivity contribution is 0.390. The molecule has 0 radical (unpaired) electrons. The minimum absolute atomic E-state index is 0.133. The van der Waals surface area contributed by atoms with Crippen LogP contribution < -0.4 is 5.32 Å². The van der Waals surface area contributed by atoms with Crippen LogP contribution in [-0.4, -0.2) is 17.2 Å². The van der Waals surface area contributed by atoms with E-state index in [0.717, 1.165) is 16.5 Å². The van der Waals surface area contributed by atoms with Crippen LogP contribution in [-0.2, 0) is 6.42 Å². The molecule has 4 nitrogen and oxygen atoms in total. The zero-order valence-corrected chi connectivity index (χ0v) is 12.1. The summed E-state index contributed by atoms with van der Waals surface area (Å²) in [7, 11) is 1.90. The normalized spacial score (nSPS) is 12.6. The lowest BCUT2D eigenvalue weighted by Gasteiger charge is -2.07. The molecule has 0 amide bonds. The van der Waals surface area contributed by atoms with Crippen molar-refractivity contribution in [3.8, 4) is 0 Å². The average molecular weight is 310 g/mol. The summed E-state index contributed by atoms with van der Waals surface area (Å²) in [5.41, 5.74) is 1.15. The molecule has 1 aromatic heterocycles. The van der Waals surface area contributed by atoms with Crippen molar-refractivity contribution >= 4 is 15.9 Å². The molecule has 2 aromatic rings. The van der Waals surface area contributed by atoms with Crippen LogP contribution in [0.3, 0.4) is 0 Å². The van der Waals surface area contributed by atoms with Gasteiger partial charge in [-0.2, -0.15) is 0 Å². The molecule has 18 heavy (non-hydrogen) atoms. The second-order valence-electron chi connectivity index (χ2n) is 4.09. The summed E-state index contributed by atoms with van der Waals surface area (Å²) in [4.78, 5) is 0. The third kappa shape index (κ3) is 3.17. The smallest absolute Gasteiger partial charge is 0.233 e. The maximum absolute atomic E-state index is 5.67. The van der Waals surface area contributed by atoms with Crippen molar-refractivity contribution < 1.29 is 4.42 Å². The van der Waals surface area contributed by atoms with Crippen LogP contribution in [0.25, 0.3) is 0 Å². The van der Waals surface area contributed by atoms with Crippen LogP contribution >= 0.6 is 15.9 Å². The largest absolute Gasteiger partial charge is 0.423 e. The lowest BCUT2D eigenvalue weighted by atomic mass is 10.1. The van der Waals surface area contributed by atoms with Crippen molar-refractivity contribution in [3.63, 3.8) is 0 Å². The second kappa shape index (κ2) is 6.11. The Balaban J connectivity index is 2.11. The maximum Gasteiger partial charge on any atom is 0.233 e. The van der Waals surface area contributed by atoms with Gasteiger partial charge in [0.05, 0.1) is 12.5 Å². The zero-order valence-electron chi connectivity index (χ0n) is 10.5. The van der Waals surface area contributed by atoms with Crippen LogP contribution in [0.1, 0.15) is 36.7 Å². The molecule has 2 rings (SSSR count). The molecule has 1 aromatic carbocycles. The van der Waals surface area contributed by atoms with E-state index < -0.39 is 0 Å². The average Bonchev–Trinajstić information content (AvgIpc) is 2.79. The van der Waals surface area contributed by atoms with Crippen molar-refractivity contribution in [2.24, 2.45) is 0 Å². The highest BCUT2D eigenvalue weighted by molar-refractivity contribution is 9.10. The molecule has 0 fully saturated rings. The van der Waals surface area contributed by atoms with E-state index in [4.69, 9.17) is 4.42 Å². The predicted molar refractivity (Wildman–Crippen MR) is 73.3 cm³/mol. The van der Waals surface area contributed by atoms with Gasteiger partial charge in [-0.25, -0.2) is 0 Å². The fourth-order valence-electron chi connectivity index (χ4n) is 1.80. The first-order valence-electron chi connectivity index (χ1n) is 5.97. The number of nitrogens with zero attached hydrogens (tertiary/aromatic N) is 2. The van der Waals surface area contributed by atoms with Gasteiger partial charge in [-0.3, -0.25) is 0 Å². The summed E-state index contributed by atoms with van der Waals surface area (Å²) < 4.78 is 6.73. The van der Waals surface area contributed by atoms with Crippen LogP contribution in [0, 0.1) is 0 Å². The number of hydrogen-bond donors (Lipinski definition) is 1. The van der Waals surface area contributed by atoms with E-state index >= 15 is 0 Å². The summed E-state index contributed by atoms with van der Waals surface area (Å²) in [6, 6.07) is 8.23. The van der Waals surface area contributed by atoms with Crippen molar-refractivity contribution in [3.05, 3.63) is 46.1 Å². The van der Waals surface area contributed by atoms with Gasteiger partial charge in [-0.15, -0.1) is 10.2 Å². The fourth-order valence-corrected chi connectivity index (χ4v) is 2.25. The number of halogens is 1. The van der Waals surface area contributed by atoms with Gasteiger partial charge in [0, 0.05) is 4.47 Å². The Morgan fingerprint density at radius 3 is 2.89 bits per heavy atom. The Bertz CT molecular complexity index is 508. The maximum atomic E-state index is 5.67. The number of hydrogen-bond acceptors (Lipinski definition) is 4. The molecule has 0 spiro atoms. The molecular formula is C13H16BrN3O. The van der Waals surface area contributed by atoms with E-state index in [1.807, 2.05) is 25.2 Å². The van der Waals surface area contributed by atoms with E-state index in [0.29, 0.717) is 18.2 Å². The number of nitrogens with one attached hydrogen (secondary N) is 1. The molecule has 1 N–H and O–H groups in total. The third-order valence-corrected chi connectivity index (χ3v) is 3.27. The molecule has 1 atom stereocenters. The SMILES string of the molecule is CCC(NC)c1nnc(Cc2cccc(Br)c2)o1. The molecular weight excluding hydrogens is 294 g/mol. The van der Waals surface area contributed by atoms with E-state index in [9.17, 15) is 0 Å². The Kier molecular flexibility index (Phi) is 4.49. The van der Waals surface area contributed by atoms with Crippen LogP contribution in [0.2, 0.25) is 0 Å². The summed E-state index contributed by atoms with van der Waals surface area (Å²) in [5.74, 6) is 1.31. The summed E-state index contributed by atoms with van der Waals surface area (Å²) in [5, 5.41) is 11.3. The molecule has 0 aliphatic rings. The Labute approximate surface area is 115 Å². The minimum atomic E-state index is 0.133. The molecule has 96 valence electrons. The molecule has 5 heteroatoms. The van der Waals surface area contributed by atoms with Crippen molar-refractivity contribution in [1.29, 1.82) is 0 Å². The van der Waals surface area contributed by atoms with E-state index in [2.05, 4.69) is 44.4 Å². The molecule has 0 bridgehead atoms. The van der Waals surface area contributed by atoms with Crippen LogP contribution in [0.15, 0.2) is 33.2 Å². The molecule has 0 aliphatic heterocycles. The standard InChI is InChI=1S/C13H16BrN3O/c1-3-11(15-2)13-17-16-12(18-13)8-9-5-4-6-10(14)7-9/h4-7,11,15H,3,8H2,1-2H3. The summed E-state index contributed by atoms with van der Waals surface area (Å²) >= 11 is 3.45. The monoisotopic (exact) mass is 309 g/mol. The zero-order chi connectivity index (χ0) is 13.0. The first-order valence-corrected chi connectivity index (χ1v) is 6.76. The van der Waals surface area contributed by atoms with Gasteiger partial charge in [0.1, 0.15) is 0 Å². The Morgan fingerprint density at radius 1 is 1.39 bits per heavy atom. The van der Waals surface area contributed by atoms with Gasteiger partial charge in [0.2, 0.25) is 11.8 Å². The van der Waals surface area contributed by atoms with E-state index in [1.165, 1.54) is 0 Å². The number of benzene rings is 1. The van der Waals surface area contributed by atoms with Gasteiger partial charge in [0.15, 0.2) is 0 Å². The summed E-state index contributed by atoms with van der Waals surface area (Å²) in [6.07, 6.45) is 1.58. The summed E-state index contributed by atoms with van der Waals surface area (Å²) in [6.45, 7) is 2.08.